The van der Waals surface area contributed by atoms with Crippen molar-refractivity contribution in [3.63, 3.8) is 0 Å². The molecule has 0 radical (unpaired) electrons. The van der Waals surface area contributed by atoms with E-state index in [4.69, 9.17) is 11.6 Å². The smallest absolute Gasteiger partial charge is 0.142 e. The van der Waals surface area contributed by atoms with E-state index in [9.17, 15) is 4.39 Å². The molecule has 12 heavy (non-hydrogen) atoms. The average Bonchev–Trinajstić information content (AvgIpc) is 2.08. The van der Waals surface area contributed by atoms with Crippen LogP contribution >= 0.6 is 11.6 Å². The lowest BCUT2D eigenvalue weighted by molar-refractivity contribution is 0.609. The lowest BCUT2D eigenvalue weighted by Crippen LogP contribution is -2.12. The van der Waals surface area contributed by atoms with Crippen LogP contribution in [0.1, 0.15) is 18.5 Å². The van der Waals surface area contributed by atoms with Crippen LogP contribution in [-0.2, 0) is 0 Å². The van der Waals surface area contributed by atoms with Gasteiger partial charge in [-0.3, -0.25) is 0 Å². The van der Waals surface area contributed by atoms with E-state index in [1.165, 1.54) is 6.07 Å². The fourth-order valence-electron chi connectivity index (χ4n) is 1.01. The molecule has 0 saturated carbocycles. The topological polar surface area (TPSA) is 12.0 Å². The van der Waals surface area contributed by atoms with Crippen molar-refractivity contribution in [2.45, 2.75) is 13.0 Å². The third-order valence-electron chi connectivity index (χ3n) is 1.88. The first-order valence-electron chi connectivity index (χ1n) is 3.78. The SMILES string of the molecule is CN[C@@H](C)c1cccc(F)c1Cl. The minimum atomic E-state index is -0.365. The molecule has 1 aromatic rings. The normalized spacial score (nSPS) is 13.0. The van der Waals surface area contributed by atoms with Crippen LogP contribution in [0.3, 0.4) is 0 Å². The first-order chi connectivity index (χ1) is 5.66. The highest BCUT2D eigenvalue weighted by atomic mass is 35.5. The van der Waals surface area contributed by atoms with E-state index in [1.807, 2.05) is 20.0 Å². The average molecular weight is 188 g/mol. The van der Waals surface area contributed by atoms with Crippen molar-refractivity contribution in [1.29, 1.82) is 0 Å². The molecule has 1 atom stereocenters. The zero-order valence-corrected chi connectivity index (χ0v) is 7.82. The number of benzene rings is 1. The van der Waals surface area contributed by atoms with Crippen LogP contribution in [-0.4, -0.2) is 7.05 Å². The lowest BCUT2D eigenvalue weighted by atomic mass is 10.1. The minimum absolute atomic E-state index is 0.0770. The van der Waals surface area contributed by atoms with Crippen LogP contribution in [0.25, 0.3) is 0 Å². The first-order valence-corrected chi connectivity index (χ1v) is 4.15. The Labute approximate surface area is 76.5 Å². The Hall–Kier alpha value is -0.600. The van der Waals surface area contributed by atoms with Gasteiger partial charge in [0, 0.05) is 6.04 Å². The molecule has 0 amide bonds. The second-order valence-corrected chi connectivity index (χ2v) is 3.03. The van der Waals surface area contributed by atoms with E-state index in [0.29, 0.717) is 0 Å². The number of nitrogens with one attached hydrogen (secondary N) is 1. The summed E-state index contributed by atoms with van der Waals surface area (Å²) in [6.07, 6.45) is 0. The van der Waals surface area contributed by atoms with Gasteiger partial charge >= 0.3 is 0 Å². The Morgan fingerprint density at radius 3 is 2.75 bits per heavy atom. The third-order valence-corrected chi connectivity index (χ3v) is 2.28. The Balaban J connectivity index is 3.07. The molecule has 1 nitrogen and oxygen atoms in total. The summed E-state index contributed by atoms with van der Waals surface area (Å²) < 4.78 is 12.9. The summed E-state index contributed by atoms with van der Waals surface area (Å²) >= 11 is 5.75. The molecule has 66 valence electrons. The van der Waals surface area contributed by atoms with Gasteiger partial charge in [0.2, 0.25) is 0 Å². The van der Waals surface area contributed by atoms with Crippen molar-refractivity contribution >= 4 is 11.6 Å². The van der Waals surface area contributed by atoms with E-state index in [2.05, 4.69) is 5.32 Å². The van der Waals surface area contributed by atoms with Gasteiger partial charge < -0.3 is 5.32 Å². The van der Waals surface area contributed by atoms with E-state index < -0.39 is 0 Å². The van der Waals surface area contributed by atoms with Crippen LogP contribution in [0.2, 0.25) is 5.02 Å². The standard InChI is InChI=1S/C9H11ClFN/c1-6(12-2)7-4-3-5-8(11)9(7)10/h3-6,12H,1-2H3/t6-/m0/s1. The third kappa shape index (κ3) is 1.76. The highest BCUT2D eigenvalue weighted by Gasteiger charge is 2.09. The zero-order chi connectivity index (χ0) is 9.14. The maximum Gasteiger partial charge on any atom is 0.142 e. The number of halogens is 2. The molecular formula is C9H11ClFN. The predicted octanol–water partition coefficient (Wildman–Crippen LogP) is 2.76. The Morgan fingerprint density at radius 2 is 2.17 bits per heavy atom. The van der Waals surface area contributed by atoms with Crippen LogP contribution in [0.5, 0.6) is 0 Å². The summed E-state index contributed by atoms with van der Waals surface area (Å²) in [5, 5.41) is 3.21. The molecule has 0 unspecified atom stereocenters. The highest BCUT2D eigenvalue weighted by molar-refractivity contribution is 6.31. The molecule has 0 heterocycles. The largest absolute Gasteiger partial charge is 0.313 e. The summed E-state index contributed by atoms with van der Waals surface area (Å²) in [5.74, 6) is -0.365. The first kappa shape index (κ1) is 9.49. The molecule has 3 heteroatoms. The highest BCUT2D eigenvalue weighted by Crippen LogP contribution is 2.24. The maximum absolute atomic E-state index is 12.9. The van der Waals surface area contributed by atoms with Gasteiger partial charge in [-0.05, 0) is 25.6 Å². The summed E-state index contributed by atoms with van der Waals surface area (Å²) in [7, 11) is 1.81. The molecule has 1 N–H and O–H groups in total. The van der Waals surface area contributed by atoms with Gasteiger partial charge in [0.1, 0.15) is 5.82 Å². The molecule has 1 aromatic carbocycles. The lowest BCUT2D eigenvalue weighted by Gasteiger charge is -2.12. The second kappa shape index (κ2) is 3.87. The van der Waals surface area contributed by atoms with Gasteiger partial charge in [-0.25, -0.2) is 4.39 Å². The van der Waals surface area contributed by atoms with Crippen LogP contribution < -0.4 is 5.32 Å². The quantitative estimate of drug-likeness (QED) is 0.751. The number of rotatable bonds is 2. The molecule has 0 spiro atoms. The minimum Gasteiger partial charge on any atom is -0.313 e. The van der Waals surface area contributed by atoms with Gasteiger partial charge in [0.15, 0.2) is 0 Å². The summed E-state index contributed by atoms with van der Waals surface area (Å²) in [6, 6.07) is 4.90. The van der Waals surface area contributed by atoms with E-state index in [1.54, 1.807) is 6.07 Å². The van der Waals surface area contributed by atoms with Crippen molar-refractivity contribution in [1.82, 2.24) is 5.32 Å². The van der Waals surface area contributed by atoms with Crippen molar-refractivity contribution in [2.24, 2.45) is 0 Å². The monoisotopic (exact) mass is 187 g/mol. The molecule has 0 aliphatic rings. The molecule has 0 aliphatic heterocycles. The Morgan fingerprint density at radius 1 is 1.50 bits per heavy atom. The summed E-state index contributed by atoms with van der Waals surface area (Å²) in [5.41, 5.74) is 0.791. The zero-order valence-electron chi connectivity index (χ0n) is 7.07. The fraction of sp³-hybridized carbons (Fsp3) is 0.333. The number of hydrogen-bond acceptors (Lipinski definition) is 1. The van der Waals surface area contributed by atoms with Crippen LogP contribution in [0, 0.1) is 5.82 Å². The predicted molar refractivity (Wildman–Crippen MR) is 48.9 cm³/mol. The molecule has 0 bridgehead atoms. The van der Waals surface area contributed by atoms with E-state index in [0.717, 1.165) is 5.56 Å². The summed E-state index contributed by atoms with van der Waals surface area (Å²) in [4.78, 5) is 0. The van der Waals surface area contributed by atoms with E-state index >= 15 is 0 Å². The molecule has 1 rings (SSSR count). The van der Waals surface area contributed by atoms with Gasteiger partial charge in [0.25, 0.3) is 0 Å². The number of hydrogen-bond donors (Lipinski definition) is 1. The van der Waals surface area contributed by atoms with Gasteiger partial charge in [0.05, 0.1) is 5.02 Å². The van der Waals surface area contributed by atoms with Gasteiger partial charge in [-0.1, -0.05) is 23.7 Å². The molecule has 0 aromatic heterocycles. The second-order valence-electron chi connectivity index (χ2n) is 2.65. The fourth-order valence-corrected chi connectivity index (χ4v) is 1.30. The molecule has 0 fully saturated rings. The maximum atomic E-state index is 12.9. The Bertz CT molecular complexity index is 275. The van der Waals surface area contributed by atoms with Crippen molar-refractivity contribution in [3.05, 3.63) is 34.6 Å². The van der Waals surface area contributed by atoms with E-state index in [-0.39, 0.29) is 16.9 Å². The molecular weight excluding hydrogens is 177 g/mol. The molecule has 0 saturated heterocycles. The van der Waals surface area contributed by atoms with Crippen molar-refractivity contribution < 1.29 is 4.39 Å². The van der Waals surface area contributed by atoms with Crippen LogP contribution in [0.15, 0.2) is 18.2 Å². The van der Waals surface area contributed by atoms with Crippen molar-refractivity contribution in [2.75, 3.05) is 7.05 Å². The van der Waals surface area contributed by atoms with Gasteiger partial charge in [-0.2, -0.15) is 0 Å². The van der Waals surface area contributed by atoms with Gasteiger partial charge in [-0.15, -0.1) is 0 Å². The van der Waals surface area contributed by atoms with Crippen LogP contribution in [0.4, 0.5) is 4.39 Å². The molecule has 0 aliphatic carbocycles. The summed E-state index contributed by atoms with van der Waals surface area (Å²) in [6.45, 7) is 1.93. The Kier molecular flexibility index (Phi) is 3.06. The van der Waals surface area contributed by atoms with Crippen molar-refractivity contribution in [3.8, 4) is 0 Å².